The number of nitrogens with zero attached hydrogens (tertiary/aromatic N) is 1. The van der Waals surface area contributed by atoms with Crippen molar-refractivity contribution >= 4 is 11.8 Å². The molecule has 0 aliphatic heterocycles. The number of hydrogen-bond donors (Lipinski definition) is 0. The molecule has 0 spiro atoms. The fourth-order valence-electron chi connectivity index (χ4n) is 0.440. The third kappa shape index (κ3) is 1.04. The zero-order valence-corrected chi connectivity index (χ0v) is 5.66. The average Bonchev–Trinajstić information content (AvgIpc) is 2.14. The summed E-state index contributed by atoms with van der Waals surface area (Å²) in [5, 5.41) is 4.67. The number of rotatable bonds is 1. The van der Waals surface area contributed by atoms with Crippen LogP contribution >= 0.6 is 11.8 Å². The number of thioether (sulfide) groups is 1. The van der Waals surface area contributed by atoms with Gasteiger partial charge in [-0.2, -0.15) is 0 Å². The SMILES string of the molecule is CSc1cc(C)on1. The fraction of sp³-hybridized carbons (Fsp3) is 0.400. The van der Waals surface area contributed by atoms with Crippen LogP contribution in [0.2, 0.25) is 0 Å². The molecule has 0 aliphatic carbocycles. The second-order valence-corrected chi connectivity index (χ2v) is 2.31. The zero-order valence-electron chi connectivity index (χ0n) is 4.84. The summed E-state index contributed by atoms with van der Waals surface area (Å²) < 4.78 is 4.78. The normalized spacial score (nSPS) is 9.75. The van der Waals surface area contributed by atoms with Crippen LogP contribution in [0.25, 0.3) is 0 Å². The maximum Gasteiger partial charge on any atom is 0.139 e. The first-order valence-corrected chi connectivity index (χ1v) is 3.52. The molecule has 0 unspecified atom stereocenters. The summed E-state index contributed by atoms with van der Waals surface area (Å²) >= 11 is 1.58. The van der Waals surface area contributed by atoms with Crippen molar-refractivity contribution in [3.05, 3.63) is 11.8 Å². The van der Waals surface area contributed by atoms with E-state index in [2.05, 4.69) is 5.16 Å². The number of hydrogen-bond acceptors (Lipinski definition) is 3. The molecule has 1 aromatic heterocycles. The molecule has 0 N–H and O–H groups in total. The van der Waals surface area contributed by atoms with E-state index in [1.807, 2.05) is 19.2 Å². The lowest BCUT2D eigenvalue weighted by molar-refractivity contribution is 0.383. The molecular weight excluding hydrogens is 122 g/mol. The summed E-state index contributed by atoms with van der Waals surface area (Å²) in [5.74, 6) is 0.870. The Bertz CT molecular complexity index is 173. The second kappa shape index (κ2) is 2.22. The van der Waals surface area contributed by atoms with Crippen molar-refractivity contribution in [3.63, 3.8) is 0 Å². The standard InChI is InChI=1S/C5H7NOS/c1-4-3-5(8-2)6-7-4/h3H,1-2H3. The van der Waals surface area contributed by atoms with Crippen molar-refractivity contribution in [2.45, 2.75) is 11.9 Å². The maximum absolute atomic E-state index is 4.78. The van der Waals surface area contributed by atoms with Gasteiger partial charge in [0.1, 0.15) is 10.8 Å². The zero-order chi connectivity index (χ0) is 5.98. The molecule has 2 nitrogen and oxygen atoms in total. The minimum atomic E-state index is 0.870. The molecule has 3 heteroatoms. The van der Waals surface area contributed by atoms with Crippen LogP contribution in [0.3, 0.4) is 0 Å². The molecule has 1 heterocycles. The van der Waals surface area contributed by atoms with E-state index in [-0.39, 0.29) is 0 Å². The fourth-order valence-corrected chi connectivity index (χ4v) is 0.835. The van der Waals surface area contributed by atoms with E-state index in [0.717, 1.165) is 10.8 Å². The minimum absolute atomic E-state index is 0.870. The molecule has 0 saturated heterocycles. The van der Waals surface area contributed by atoms with Crippen molar-refractivity contribution in [1.82, 2.24) is 5.16 Å². The molecule has 0 atom stereocenters. The summed E-state index contributed by atoms with van der Waals surface area (Å²) in [7, 11) is 0. The topological polar surface area (TPSA) is 26.0 Å². The monoisotopic (exact) mass is 129 g/mol. The van der Waals surface area contributed by atoms with Gasteiger partial charge in [-0.1, -0.05) is 5.16 Å². The predicted molar refractivity (Wildman–Crippen MR) is 33.0 cm³/mol. The van der Waals surface area contributed by atoms with Crippen molar-refractivity contribution < 1.29 is 4.52 Å². The summed E-state index contributed by atoms with van der Waals surface area (Å²) in [5.41, 5.74) is 0. The van der Waals surface area contributed by atoms with Gasteiger partial charge in [0.15, 0.2) is 0 Å². The Hall–Kier alpha value is -0.440. The Kier molecular flexibility index (Phi) is 1.58. The Morgan fingerprint density at radius 2 is 2.50 bits per heavy atom. The molecule has 0 saturated carbocycles. The van der Waals surface area contributed by atoms with Crippen molar-refractivity contribution in [2.24, 2.45) is 0 Å². The van der Waals surface area contributed by atoms with Gasteiger partial charge in [0, 0.05) is 6.07 Å². The van der Waals surface area contributed by atoms with Crippen LogP contribution in [0.15, 0.2) is 15.6 Å². The molecule has 8 heavy (non-hydrogen) atoms. The van der Waals surface area contributed by atoms with Crippen LogP contribution in [0.4, 0.5) is 0 Å². The molecule has 1 aromatic rings. The quantitative estimate of drug-likeness (QED) is 0.540. The highest BCUT2D eigenvalue weighted by Crippen LogP contribution is 2.12. The van der Waals surface area contributed by atoms with Gasteiger partial charge in [-0.3, -0.25) is 0 Å². The van der Waals surface area contributed by atoms with Gasteiger partial charge < -0.3 is 4.52 Å². The minimum Gasteiger partial charge on any atom is -0.361 e. The molecule has 0 radical (unpaired) electrons. The Labute approximate surface area is 52.2 Å². The van der Waals surface area contributed by atoms with Gasteiger partial charge in [0.05, 0.1) is 0 Å². The van der Waals surface area contributed by atoms with E-state index in [1.165, 1.54) is 0 Å². The highest BCUT2D eigenvalue weighted by molar-refractivity contribution is 7.98. The summed E-state index contributed by atoms with van der Waals surface area (Å²) in [6, 6.07) is 1.91. The van der Waals surface area contributed by atoms with Crippen LogP contribution in [-0.4, -0.2) is 11.4 Å². The average molecular weight is 129 g/mol. The van der Waals surface area contributed by atoms with E-state index in [4.69, 9.17) is 4.52 Å². The molecule has 0 aromatic carbocycles. The Morgan fingerprint density at radius 3 is 2.75 bits per heavy atom. The summed E-state index contributed by atoms with van der Waals surface area (Å²) in [4.78, 5) is 0. The highest BCUT2D eigenvalue weighted by Gasteiger charge is 1.94. The van der Waals surface area contributed by atoms with E-state index in [9.17, 15) is 0 Å². The van der Waals surface area contributed by atoms with Crippen LogP contribution in [0.5, 0.6) is 0 Å². The molecule has 0 amide bonds. The first-order valence-electron chi connectivity index (χ1n) is 2.30. The largest absolute Gasteiger partial charge is 0.361 e. The summed E-state index contributed by atoms with van der Waals surface area (Å²) in [6.45, 7) is 1.88. The third-order valence-electron chi connectivity index (χ3n) is 0.815. The van der Waals surface area contributed by atoms with Crippen LogP contribution in [0, 0.1) is 6.92 Å². The van der Waals surface area contributed by atoms with Crippen LogP contribution < -0.4 is 0 Å². The lowest BCUT2D eigenvalue weighted by Crippen LogP contribution is -1.60. The van der Waals surface area contributed by atoms with Gasteiger partial charge in [-0.15, -0.1) is 11.8 Å². The van der Waals surface area contributed by atoms with E-state index >= 15 is 0 Å². The van der Waals surface area contributed by atoms with Gasteiger partial charge >= 0.3 is 0 Å². The highest BCUT2D eigenvalue weighted by atomic mass is 32.2. The van der Waals surface area contributed by atoms with Gasteiger partial charge in [-0.05, 0) is 13.2 Å². The first-order chi connectivity index (χ1) is 3.83. The van der Waals surface area contributed by atoms with Gasteiger partial charge in [0.2, 0.25) is 0 Å². The van der Waals surface area contributed by atoms with Crippen molar-refractivity contribution in [2.75, 3.05) is 6.26 Å². The predicted octanol–water partition coefficient (Wildman–Crippen LogP) is 1.70. The van der Waals surface area contributed by atoms with Crippen LogP contribution in [-0.2, 0) is 0 Å². The number of aromatic nitrogens is 1. The van der Waals surface area contributed by atoms with Crippen molar-refractivity contribution in [1.29, 1.82) is 0 Å². The van der Waals surface area contributed by atoms with Crippen molar-refractivity contribution in [3.8, 4) is 0 Å². The van der Waals surface area contributed by atoms with Crippen LogP contribution in [0.1, 0.15) is 5.76 Å². The van der Waals surface area contributed by atoms with E-state index in [0.29, 0.717) is 0 Å². The maximum atomic E-state index is 4.78. The van der Waals surface area contributed by atoms with E-state index in [1.54, 1.807) is 11.8 Å². The number of aryl methyl sites for hydroxylation is 1. The third-order valence-corrected chi connectivity index (χ3v) is 1.43. The smallest absolute Gasteiger partial charge is 0.139 e. The molecule has 0 aliphatic rings. The second-order valence-electron chi connectivity index (χ2n) is 1.48. The summed E-state index contributed by atoms with van der Waals surface area (Å²) in [6.07, 6.45) is 1.97. The molecule has 0 fully saturated rings. The van der Waals surface area contributed by atoms with Gasteiger partial charge in [0.25, 0.3) is 0 Å². The molecule has 1 rings (SSSR count). The molecule has 44 valence electrons. The molecular formula is C5H7NOS. The lowest BCUT2D eigenvalue weighted by Gasteiger charge is -1.75. The Morgan fingerprint density at radius 1 is 1.75 bits per heavy atom. The van der Waals surface area contributed by atoms with Gasteiger partial charge in [-0.25, -0.2) is 0 Å². The van der Waals surface area contributed by atoms with E-state index < -0.39 is 0 Å². The first kappa shape index (κ1) is 5.69. The lowest BCUT2D eigenvalue weighted by atomic mass is 10.5. The molecule has 0 bridgehead atoms. The Balaban J connectivity index is 2.84.